The molecule has 20 heavy (non-hydrogen) atoms. The van der Waals surface area contributed by atoms with Crippen LogP contribution in [0.4, 0.5) is 5.69 Å². The smallest absolute Gasteiger partial charge is 0.124 e. The molecule has 0 bridgehead atoms. The predicted octanol–water partition coefficient (Wildman–Crippen LogP) is 2.42. The summed E-state index contributed by atoms with van der Waals surface area (Å²) in [6, 6.07) is 13.4. The number of fused-ring (bicyclic) bond motifs is 1. The number of nitrogens with zero attached hydrogens (tertiary/aromatic N) is 1. The van der Waals surface area contributed by atoms with E-state index in [1.54, 1.807) is 19.2 Å². The maximum absolute atomic E-state index is 9.67. The van der Waals surface area contributed by atoms with Gasteiger partial charge in [-0.15, -0.1) is 0 Å². The summed E-state index contributed by atoms with van der Waals surface area (Å²) in [6.45, 7) is 1.26. The lowest BCUT2D eigenvalue weighted by Gasteiger charge is -2.26. The van der Waals surface area contributed by atoms with Crippen LogP contribution in [-0.2, 0) is 6.54 Å². The molecule has 0 saturated heterocycles. The summed E-state index contributed by atoms with van der Waals surface area (Å²) in [7, 11) is 1.68. The maximum Gasteiger partial charge on any atom is 0.124 e. The summed E-state index contributed by atoms with van der Waals surface area (Å²) in [5, 5.41) is 9.67. The molecule has 1 aliphatic heterocycles. The van der Waals surface area contributed by atoms with Crippen molar-refractivity contribution in [2.45, 2.75) is 12.6 Å². The van der Waals surface area contributed by atoms with Gasteiger partial charge < -0.3 is 20.5 Å². The number of anilines is 1. The molecule has 0 aliphatic carbocycles. The molecule has 0 radical (unpaired) electrons. The molecule has 1 unspecified atom stereocenters. The fourth-order valence-electron chi connectivity index (χ4n) is 2.90. The van der Waals surface area contributed by atoms with E-state index in [-0.39, 0.29) is 11.8 Å². The minimum absolute atomic E-state index is 0.113. The van der Waals surface area contributed by atoms with Crippen molar-refractivity contribution in [3.05, 3.63) is 53.6 Å². The van der Waals surface area contributed by atoms with E-state index in [1.807, 2.05) is 24.3 Å². The minimum Gasteiger partial charge on any atom is -0.508 e. The first-order chi connectivity index (χ1) is 9.74. The van der Waals surface area contributed by atoms with Gasteiger partial charge in [-0.05, 0) is 23.8 Å². The van der Waals surface area contributed by atoms with E-state index in [4.69, 9.17) is 10.5 Å². The van der Waals surface area contributed by atoms with Gasteiger partial charge in [-0.1, -0.05) is 18.2 Å². The standard InChI is InChI=1S/C16H18N2O2/c1-20-16-7-3-6-13-14(16)10-18(15(13)9-17)11-4-2-5-12(19)8-11/h2-8,15,19H,9-10,17H2,1H3. The lowest BCUT2D eigenvalue weighted by atomic mass is 10.0. The maximum atomic E-state index is 9.67. The van der Waals surface area contributed by atoms with Crippen LogP contribution in [0.3, 0.4) is 0 Å². The van der Waals surface area contributed by atoms with Gasteiger partial charge in [0.2, 0.25) is 0 Å². The van der Waals surface area contributed by atoms with Crippen molar-refractivity contribution in [1.82, 2.24) is 0 Å². The number of methoxy groups -OCH3 is 1. The molecular weight excluding hydrogens is 252 g/mol. The average Bonchev–Trinajstić information content (AvgIpc) is 2.85. The second kappa shape index (κ2) is 5.06. The highest BCUT2D eigenvalue weighted by molar-refractivity contribution is 5.59. The first-order valence-corrected chi connectivity index (χ1v) is 6.66. The number of nitrogens with two attached hydrogens (primary N) is 1. The predicted molar refractivity (Wildman–Crippen MR) is 79.1 cm³/mol. The van der Waals surface area contributed by atoms with Crippen LogP contribution in [0.1, 0.15) is 17.2 Å². The molecule has 1 aliphatic rings. The Morgan fingerprint density at radius 2 is 2.10 bits per heavy atom. The first kappa shape index (κ1) is 12.8. The molecule has 3 N–H and O–H groups in total. The van der Waals surface area contributed by atoms with E-state index >= 15 is 0 Å². The van der Waals surface area contributed by atoms with Crippen molar-refractivity contribution in [2.75, 3.05) is 18.6 Å². The zero-order valence-electron chi connectivity index (χ0n) is 11.4. The molecule has 104 valence electrons. The van der Waals surface area contributed by atoms with Crippen LogP contribution in [0.2, 0.25) is 0 Å². The van der Waals surface area contributed by atoms with Gasteiger partial charge >= 0.3 is 0 Å². The third-order valence-corrected chi connectivity index (χ3v) is 3.84. The second-order valence-corrected chi connectivity index (χ2v) is 4.93. The van der Waals surface area contributed by atoms with Gasteiger partial charge in [-0.3, -0.25) is 0 Å². The highest BCUT2D eigenvalue weighted by Crippen LogP contribution is 2.41. The van der Waals surface area contributed by atoms with Crippen molar-refractivity contribution in [1.29, 1.82) is 0 Å². The molecule has 1 atom stereocenters. The van der Waals surface area contributed by atoms with Crippen LogP contribution >= 0.6 is 0 Å². The van der Waals surface area contributed by atoms with E-state index in [0.717, 1.165) is 18.0 Å². The molecular formula is C16H18N2O2. The Labute approximate surface area is 118 Å². The van der Waals surface area contributed by atoms with Gasteiger partial charge in [0.25, 0.3) is 0 Å². The van der Waals surface area contributed by atoms with Gasteiger partial charge in [-0.25, -0.2) is 0 Å². The number of benzene rings is 2. The quantitative estimate of drug-likeness (QED) is 0.899. The third-order valence-electron chi connectivity index (χ3n) is 3.84. The second-order valence-electron chi connectivity index (χ2n) is 4.93. The van der Waals surface area contributed by atoms with Gasteiger partial charge in [0.15, 0.2) is 0 Å². The van der Waals surface area contributed by atoms with E-state index in [0.29, 0.717) is 6.54 Å². The summed E-state index contributed by atoms with van der Waals surface area (Å²) in [4.78, 5) is 2.20. The zero-order chi connectivity index (χ0) is 14.1. The van der Waals surface area contributed by atoms with Gasteiger partial charge in [0.05, 0.1) is 13.2 Å². The van der Waals surface area contributed by atoms with Crippen LogP contribution in [0.5, 0.6) is 11.5 Å². The van der Waals surface area contributed by atoms with Gasteiger partial charge in [-0.2, -0.15) is 0 Å². The van der Waals surface area contributed by atoms with Gasteiger partial charge in [0, 0.05) is 30.4 Å². The molecule has 3 rings (SSSR count). The average molecular weight is 270 g/mol. The number of aromatic hydroxyl groups is 1. The molecule has 0 amide bonds. The van der Waals surface area contributed by atoms with Crippen LogP contribution in [0.15, 0.2) is 42.5 Å². The van der Waals surface area contributed by atoms with Crippen LogP contribution in [0, 0.1) is 0 Å². The minimum atomic E-state index is 0.113. The van der Waals surface area contributed by atoms with E-state index in [1.165, 1.54) is 11.1 Å². The number of phenols is 1. The molecule has 0 spiro atoms. The highest BCUT2D eigenvalue weighted by Gasteiger charge is 2.31. The summed E-state index contributed by atoms with van der Waals surface area (Å²) < 4.78 is 5.44. The summed E-state index contributed by atoms with van der Waals surface area (Å²) >= 11 is 0. The Bertz CT molecular complexity index is 628. The Kier molecular flexibility index (Phi) is 3.24. The molecule has 0 saturated carbocycles. The molecule has 4 nitrogen and oxygen atoms in total. The summed E-state index contributed by atoms with van der Waals surface area (Å²) in [6.07, 6.45) is 0. The van der Waals surface area contributed by atoms with Crippen LogP contribution in [0.25, 0.3) is 0 Å². The van der Waals surface area contributed by atoms with Gasteiger partial charge in [0.1, 0.15) is 11.5 Å². The Hall–Kier alpha value is -2.20. The van der Waals surface area contributed by atoms with Crippen molar-refractivity contribution in [3.63, 3.8) is 0 Å². The Morgan fingerprint density at radius 1 is 1.30 bits per heavy atom. The van der Waals surface area contributed by atoms with Crippen molar-refractivity contribution in [3.8, 4) is 11.5 Å². The van der Waals surface area contributed by atoms with Crippen molar-refractivity contribution < 1.29 is 9.84 Å². The molecule has 2 aromatic carbocycles. The fraction of sp³-hybridized carbons (Fsp3) is 0.250. The summed E-state index contributed by atoms with van der Waals surface area (Å²) in [5.41, 5.74) is 9.31. The lowest BCUT2D eigenvalue weighted by molar-refractivity contribution is 0.410. The fourth-order valence-corrected chi connectivity index (χ4v) is 2.90. The monoisotopic (exact) mass is 270 g/mol. The highest BCUT2D eigenvalue weighted by atomic mass is 16.5. The van der Waals surface area contributed by atoms with Crippen molar-refractivity contribution >= 4 is 5.69 Å². The number of ether oxygens (including phenoxy) is 1. The van der Waals surface area contributed by atoms with Crippen molar-refractivity contribution in [2.24, 2.45) is 5.73 Å². The number of hydrogen-bond donors (Lipinski definition) is 2. The lowest BCUT2D eigenvalue weighted by Crippen LogP contribution is -2.27. The molecule has 0 aromatic heterocycles. The Morgan fingerprint density at radius 3 is 2.80 bits per heavy atom. The molecule has 1 heterocycles. The van der Waals surface area contributed by atoms with E-state index in [9.17, 15) is 5.11 Å². The molecule has 4 heteroatoms. The van der Waals surface area contributed by atoms with Crippen LogP contribution in [-0.4, -0.2) is 18.8 Å². The number of rotatable bonds is 3. The normalized spacial score (nSPS) is 17.1. The number of phenolic OH excluding ortho intramolecular Hbond substituents is 1. The first-order valence-electron chi connectivity index (χ1n) is 6.66. The van der Waals surface area contributed by atoms with Crippen LogP contribution < -0.4 is 15.4 Å². The van der Waals surface area contributed by atoms with E-state index in [2.05, 4.69) is 11.0 Å². The Balaban J connectivity index is 2.04. The SMILES string of the molecule is COc1cccc2c1CN(c1cccc(O)c1)C2CN. The third kappa shape index (κ3) is 1.98. The largest absolute Gasteiger partial charge is 0.508 e. The molecule has 2 aromatic rings. The topological polar surface area (TPSA) is 58.7 Å². The summed E-state index contributed by atoms with van der Waals surface area (Å²) in [5.74, 6) is 1.16. The number of hydrogen-bond acceptors (Lipinski definition) is 4. The zero-order valence-corrected chi connectivity index (χ0v) is 11.4. The molecule has 0 fully saturated rings. The van der Waals surface area contributed by atoms with E-state index < -0.39 is 0 Å².